The highest BCUT2D eigenvalue weighted by atomic mass is 32.2. The van der Waals surface area contributed by atoms with Crippen molar-refractivity contribution in [3.63, 3.8) is 0 Å². The Kier molecular flexibility index (Phi) is 5.92. The van der Waals surface area contributed by atoms with Crippen molar-refractivity contribution in [1.82, 2.24) is 19.2 Å². The molecule has 0 radical (unpaired) electrons. The summed E-state index contributed by atoms with van der Waals surface area (Å²) in [6.07, 6.45) is 4.03. The van der Waals surface area contributed by atoms with E-state index in [0.717, 1.165) is 67.2 Å². The predicted octanol–water partition coefficient (Wildman–Crippen LogP) is 2.39. The number of aromatic nitrogens is 2. The van der Waals surface area contributed by atoms with Gasteiger partial charge in [-0.3, -0.25) is 4.90 Å². The van der Waals surface area contributed by atoms with E-state index in [4.69, 9.17) is 20.4 Å². The number of anilines is 2. The normalized spacial score (nSPS) is 23.9. The van der Waals surface area contributed by atoms with Gasteiger partial charge in [0, 0.05) is 61.9 Å². The van der Waals surface area contributed by atoms with Crippen LogP contribution in [0.4, 0.5) is 11.5 Å². The Balaban J connectivity index is 1.32. The van der Waals surface area contributed by atoms with E-state index in [1.165, 1.54) is 11.1 Å². The highest BCUT2D eigenvalue weighted by molar-refractivity contribution is 7.88. The number of morpholine rings is 1. The third-order valence-corrected chi connectivity index (χ3v) is 9.50. The van der Waals surface area contributed by atoms with Gasteiger partial charge in [-0.15, -0.1) is 11.3 Å². The van der Waals surface area contributed by atoms with Crippen molar-refractivity contribution in [1.29, 1.82) is 0 Å². The number of hydrogen-bond acceptors (Lipinski definition) is 9. The molecule has 6 rings (SSSR count). The number of nitrogens with two attached hydrogens (primary N) is 1. The van der Waals surface area contributed by atoms with Gasteiger partial charge in [-0.2, -0.15) is 4.31 Å². The van der Waals surface area contributed by atoms with Gasteiger partial charge < -0.3 is 15.4 Å². The number of fused-ring (bicyclic) bond motifs is 3. The van der Waals surface area contributed by atoms with Gasteiger partial charge in [0.15, 0.2) is 11.6 Å². The molecular formula is C24H30N6O3S2. The van der Waals surface area contributed by atoms with Crippen molar-refractivity contribution >= 4 is 43.1 Å². The van der Waals surface area contributed by atoms with Gasteiger partial charge in [0.1, 0.15) is 0 Å². The minimum atomic E-state index is -3.13. The number of sulfonamides is 1. The van der Waals surface area contributed by atoms with Crippen LogP contribution >= 0.6 is 11.3 Å². The van der Waals surface area contributed by atoms with Crippen molar-refractivity contribution in [2.75, 3.05) is 56.2 Å². The average Bonchev–Trinajstić information content (AvgIpc) is 3.39. The minimum absolute atomic E-state index is 0.268. The first-order chi connectivity index (χ1) is 16.8. The summed E-state index contributed by atoms with van der Waals surface area (Å²) in [5, 5.41) is 0. The monoisotopic (exact) mass is 514 g/mol. The molecule has 0 amide bonds. The molecule has 3 aliphatic rings. The molecule has 3 fully saturated rings. The average molecular weight is 515 g/mol. The van der Waals surface area contributed by atoms with E-state index in [2.05, 4.69) is 15.9 Å². The summed E-state index contributed by atoms with van der Waals surface area (Å²) in [5.74, 6) is 1.69. The summed E-state index contributed by atoms with van der Waals surface area (Å²) >= 11 is 1.75. The van der Waals surface area contributed by atoms with Gasteiger partial charge in [0.25, 0.3) is 0 Å². The molecule has 186 valence electrons. The zero-order chi connectivity index (χ0) is 24.2. The molecule has 11 heteroatoms. The number of rotatable bonds is 5. The van der Waals surface area contributed by atoms with E-state index in [9.17, 15) is 8.42 Å². The zero-order valence-corrected chi connectivity index (χ0v) is 21.4. The molecule has 0 saturated carbocycles. The Bertz CT molecular complexity index is 1320. The fraction of sp³-hybridized carbons (Fsp3) is 0.500. The molecule has 3 aliphatic heterocycles. The summed E-state index contributed by atoms with van der Waals surface area (Å²) in [5.41, 5.74) is 8.52. The maximum absolute atomic E-state index is 11.8. The molecule has 1 aromatic carbocycles. The van der Waals surface area contributed by atoms with Gasteiger partial charge in [0.05, 0.1) is 28.7 Å². The van der Waals surface area contributed by atoms with Crippen LogP contribution in [0.1, 0.15) is 17.7 Å². The second-order valence-electron chi connectivity index (χ2n) is 9.72. The van der Waals surface area contributed by atoms with Gasteiger partial charge in [-0.05, 0) is 43.2 Å². The number of piperazine rings is 1. The molecule has 2 unspecified atom stereocenters. The van der Waals surface area contributed by atoms with Crippen molar-refractivity contribution in [2.24, 2.45) is 0 Å². The third kappa shape index (κ3) is 4.75. The van der Waals surface area contributed by atoms with Crippen LogP contribution in [-0.2, 0) is 21.3 Å². The molecule has 0 spiro atoms. The van der Waals surface area contributed by atoms with Crippen molar-refractivity contribution in [3.8, 4) is 11.4 Å². The van der Waals surface area contributed by atoms with Crippen LogP contribution in [0.2, 0.25) is 0 Å². The predicted molar refractivity (Wildman–Crippen MR) is 139 cm³/mol. The number of hydrogen-bond donors (Lipinski definition) is 1. The van der Waals surface area contributed by atoms with Crippen molar-refractivity contribution in [2.45, 2.75) is 31.6 Å². The van der Waals surface area contributed by atoms with E-state index < -0.39 is 10.0 Å². The summed E-state index contributed by atoms with van der Waals surface area (Å²) in [7, 11) is -3.13. The summed E-state index contributed by atoms with van der Waals surface area (Å²) < 4.78 is 32.4. The van der Waals surface area contributed by atoms with Gasteiger partial charge in [-0.25, -0.2) is 18.4 Å². The largest absolute Gasteiger partial charge is 0.399 e. The molecule has 3 saturated heterocycles. The fourth-order valence-electron chi connectivity index (χ4n) is 5.25. The Hall–Kier alpha value is -2.31. The smallest absolute Gasteiger partial charge is 0.211 e. The van der Waals surface area contributed by atoms with E-state index >= 15 is 0 Å². The number of benzene rings is 1. The van der Waals surface area contributed by atoms with Crippen LogP contribution in [0.25, 0.3) is 21.6 Å². The second-order valence-corrected chi connectivity index (χ2v) is 12.8. The van der Waals surface area contributed by atoms with Crippen molar-refractivity contribution < 1.29 is 13.2 Å². The summed E-state index contributed by atoms with van der Waals surface area (Å²) in [4.78, 5) is 15.9. The molecule has 3 aromatic rings. The molecule has 5 heterocycles. The van der Waals surface area contributed by atoms with E-state index in [1.54, 1.807) is 15.6 Å². The Morgan fingerprint density at radius 3 is 2.40 bits per heavy atom. The molecule has 35 heavy (non-hydrogen) atoms. The molecule has 2 bridgehead atoms. The Morgan fingerprint density at radius 2 is 1.74 bits per heavy atom. The lowest BCUT2D eigenvalue weighted by Gasteiger charge is -2.33. The standard InChI is InChI=1S/C24H30N6O3S2/c1-35(31,32)30-10-8-28(9-11-30)15-20-12-21-22(34-20)24(29-13-18-6-7-19(14-29)33-18)27-23(26-21)16-2-4-17(25)5-3-16/h2-5,12,18-19H,6-11,13-15,25H2,1H3. The van der Waals surface area contributed by atoms with Crippen LogP contribution in [0, 0.1) is 0 Å². The van der Waals surface area contributed by atoms with E-state index in [1.807, 2.05) is 24.3 Å². The van der Waals surface area contributed by atoms with Crippen LogP contribution in [0.3, 0.4) is 0 Å². The van der Waals surface area contributed by atoms with Gasteiger partial charge in [0.2, 0.25) is 10.0 Å². The molecule has 2 aromatic heterocycles. The topological polar surface area (TPSA) is 105 Å². The third-order valence-electron chi connectivity index (χ3n) is 7.10. The number of thiophene rings is 1. The minimum Gasteiger partial charge on any atom is -0.399 e. The molecular weight excluding hydrogens is 484 g/mol. The number of nitrogens with zero attached hydrogens (tertiary/aromatic N) is 5. The van der Waals surface area contributed by atoms with Crippen LogP contribution < -0.4 is 10.6 Å². The first-order valence-electron chi connectivity index (χ1n) is 12.1. The van der Waals surface area contributed by atoms with Crippen LogP contribution in [-0.4, -0.2) is 85.3 Å². The lowest BCUT2D eigenvalue weighted by Crippen LogP contribution is -2.47. The van der Waals surface area contributed by atoms with Crippen LogP contribution in [0.15, 0.2) is 30.3 Å². The highest BCUT2D eigenvalue weighted by Crippen LogP contribution is 2.37. The maximum atomic E-state index is 11.8. The Labute approximate surface area is 209 Å². The molecule has 2 N–H and O–H groups in total. The zero-order valence-electron chi connectivity index (χ0n) is 19.8. The summed E-state index contributed by atoms with van der Waals surface area (Å²) in [6.45, 7) is 5.00. The first kappa shape index (κ1) is 23.1. The van der Waals surface area contributed by atoms with E-state index in [0.29, 0.717) is 24.6 Å². The second kappa shape index (κ2) is 8.97. The molecule has 0 aliphatic carbocycles. The van der Waals surface area contributed by atoms with E-state index in [-0.39, 0.29) is 12.2 Å². The Morgan fingerprint density at radius 1 is 1.06 bits per heavy atom. The molecule has 2 atom stereocenters. The lowest BCUT2D eigenvalue weighted by molar-refractivity contribution is 0.0303. The summed E-state index contributed by atoms with van der Waals surface area (Å²) in [6, 6.07) is 9.87. The lowest BCUT2D eigenvalue weighted by atomic mass is 10.2. The van der Waals surface area contributed by atoms with Crippen LogP contribution in [0.5, 0.6) is 0 Å². The quantitative estimate of drug-likeness (QED) is 0.518. The maximum Gasteiger partial charge on any atom is 0.211 e. The highest BCUT2D eigenvalue weighted by Gasteiger charge is 2.35. The molecule has 9 nitrogen and oxygen atoms in total. The first-order valence-corrected chi connectivity index (χ1v) is 14.7. The van der Waals surface area contributed by atoms with Gasteiger partial charge >= 0.3 is 0 Å². The van der Waals surface area contributed by atoms with Gasteiger partial charge in [-0.1, -0.05) is 0 Å². The SMILES string of the molecule is CS(=O)(=O)N1CCN(Cc2cc3nc(-c4ccc(N)cc4)nc(N4CC5CCC(C4)O5)c3s2)CC1. The fourth-order valence-corrected chi connectivity index (χ4v) is 7.23. The number of ether oxygens (including phenoxy) is 1. The number of nitrogen functional groups attached to an aromatic ring is 1. The van der Waals surface area contributed by atoms with Crippen molar-refractivity contribution in [3.05, 3.63) is 35.2 Å².